The third-order valence-electron chi connectivity index (χ3n) is 5.53. The van der Waals surface area contributed by atoms with Gasteiger partial charge in [0.2, 0.25) is 5.89 Å². The van der Waals surface area contributed by atoms with Crippen molar-refractivity contribution in [3.63, 3.8) is 0 Å². The van der Waals surface area contributed by atoms with Crippen molar-refractivity contribution in [2.45, 2.75) is 33.4 Å². The predicted octanol–water partition coefficient (Wildman–Crippen LogP) is 2.44. The number of nitrogens with one attached hydrogen (secondary N) is 2. The molecule has 2 N–H and O–H groups in total. The lowest BCUT2D eigenvalue weighted by molar-refractivity contribution is 0.0169. The molecule has 1 aliphatic rings. The quantitative estimate of drug-likeness (QED) is 0.449. The highest BCUT2D eigenvalue weighted by atomic mass is 16.5. The molecule has 1 saturated heterocycles. The van der Waals surface area contributed by atoms with Crippen LogP contribution < -0.4 is 20.1 Å². The number of oxazole rings is 1. The lowest BCUT2D eigenvalue weighted by Crippen LogP contribution is -2.46. The Balaban J connectivity index is 1.77. The molecule has 9 nitrogen and oxygen atoms in total. The molecule has 0 amide bonds. The van der Waals surface area contributed by atoms with Crippen LogP contribution >= 0.6 is 0 Å². The first-order valence-electron chi connectivity index (χ1n) is 11.0. The molecule has 176 valence electrons. The van der Waals surface area contributed by atoms with Gasteiger partial charge in [-0.05, 0) is 38.5 Å². The SMILES string of the molecule is CCNC(=NCc1nc(C)c(C)o1)NCC(c1ccc(OC)c(OC)c1)N1CCOCC1. The second-order valence-corrected chi connectivity index (χ2v) is 7.60. The van der Waals surface area contributed by atoms with Gasteiger partial charge in [0.1, 0.15) is 12.3 Å². The Kier molecular flexibility index (Phi) is 8.75. The summed E-state index contributed by atoms with van der Waals surface area (Å²) in [7, 11) is 3.31. The van der Waals surface area contributed by atoms with Gasteiger partial charge in [-0.25, -0.2) is 9.98 Å². The molecule has 2 aromatic rings. The Morgan fingerprint density at radius 3 is 2.53 bits per heavy atom. The first kappa shape index (κ1) is 23.9. The molecule has 2 heterocycles. The summed E-state index contributed by atoms with van der Waals surface area (Å²) in [6, 6.07) is 6.21. The summed E-state index contributed by atoms with van der Waals surface area (Å²) in [5.41, 5.74) is 2.04. The second-order valence-electron chi connectivity index (χ2n) is 7.60. The van der Waals surface area contributed by atoms with Crippen LogP contribution in [0, 0.1) is 13.8 Å². The summed E-state index contributed by atoms with van der Waals surface area (Å²) < 4.78 is 22.2. The normalized spacial score (nSPS) is 16.0. The van der Waals surface area contributed by atoms with E-state index >= 15 is 0 Å². The molecule has 0 bridgehead atoms. The van der Waals surface area contributed by atoms with Crippen LogP contribution in [0.1, 0.15) is 35.9 Å². The van der Waals surface area contributed by atoms with Crippen LogP contribution in [-0.2, 0) is 11.3 Å². The van der Waals surface area contributed by atoms with Crippen molar-refractivity contribution in [1.29, 1.82) is 0 Å². The fraction of sp³-hybridized carbons (Fsp3) is 0.565. The molecule has 1 atom stereocenters. The zero-order valence-electron chi connectivity index (χ0n) is 19.7. The lowest BCUT2D eigenvalue weighted by atomic mass is 10.0. The van der Waals surface area contributed by atoms with Crippen LogP contribution in [0.3, 0.4) is 0 Å². The zero-order chi connectivity index (χ0) is 22.9. The highest BCUT2D eigenvalue weighted by molar-refractivity contribution is 5.79. The molecule has 1 fully saturated rings. The molecule has 0 saturated carbocycles. The van der Waals surface area contributed by atoms with E-state index in [1.807, 2.05) is 32.9 Å². The Bertz CT molecular complexity index is 873. The molecule has 0 aliphatic carbocycles. The average molecular weight is 446 g/mol. The highest BCUT2D eigenvalue weighted by Gasteiger charge is 2.24. The van der Waals surface area contributed by atoms with E-state index in [4.69, 9.17) is 18.6 Å². The molecule has 1 unspecified atom stereocenters. The van der Waals surface area contributed by atoms with Gasteiger partial charge in [0.15, 0.2) is 17.5 Å². The molecule has 0 spiro atoms. The maximum absolute atomic E-state index is 5.66. The summed E-state index contributed by atoms with van der Waals surface area (Å²) in [5, 5.41) is 6.80. The van der Waals surface area contributed by atoms with Gasteiger partial charge in [-0.15, -0.1) is 0 Å². The van der Waals surface area contributed by atoms with Crippen molar-refractivity contribution in [2.24, 2.45) is 4.99 Å². The monoisotopic (exact) mass is 445 g/mol. The van der Waals surface area contributed by atoms with E-state index in [1.54, 1.807) is 14.2 Å². The number of benzene rings is 1. The lowest BCUT2D eigenvalue weighted by Gasteiger charge is -2.35. The molecule has 32 heavy (non-hydrogen) atoms. The topological polar surface area (TPSA) is 93.4 Å². The van der Waals surface area contributed by atoms with Gasteiger partial charge in [-0.1, -0.05) is 6.07 Å². The highest BCUT2D eigenvalue weighted by Crippen LogP contribution is 2.32. The summed E-state index contributed by atoms with van der Waals surface area (Å²) in [4.78, 5) is 11.5. The van der Waals surface area contributed by atoms with E-state index < -0.39 is 0 Å². The van der Waals surface area contributed by atoms with Gasteiger partial charge in [0, 0.05) is 26.2 Å². The number of aliphatic imine (C=N–C) groups is 1. The summed E-state index contributed by atoms with van der Waals surface area (Å²) in [6.45, 7) is 10.9. The van der Waals surface area contributed by atoms with Gasteiger partial charge in [-0.2, -0.15) is 0 Å². The fourth-order valence-electron chi connectivity index (χ4n) is 3.70. The fourth-order valence-corrected chi connectivity index (χ4v) is 3.70. The molecule has 0 radical (unpaired) electrons. The zero-order valence-corrected chi connectivity index (χ0v) is 19.7. The van der Waals surface area contributed by atoms with Crippen molar-refractivity contribution < 1.29 is 18.6 Å². The Labute approximate surface area is 190 Å². The first-order chi connectivity index (χ1) is 15.5. The largest absolute Gasteiger partial charge is 0.493 e. The van der Waals surface area contributed by atoms with Gasteiger partial charge in [0.25, 0.3) is 0 Å². The maximum Gasteiger partial charge on any atom is 0.216 e. The Morgan fingerprint density at radius 2 is 1.91 bits per heavy atom. The summed E-state index contributed by atoms with van der Waals surface area (Å²) >= 11 is 0. The molecule has 1 aromatic carbocycles. The van der Waals surface area contributed by atoms with Gasteiger partial charge in [-0.3, -0.25) is 4.90 Å². The van der Waals surface area contributed by atoms with E-state index in [1.165, 1.54) is 0 Å². The Morgan fingerprint density at radius 1 is 1.16 bits per heavy atom. The number of guanidine groups is 1. The van der Waals surface area contributed by atoms with E-state index in [0.29, 0.717) is 19.0 Å². The average Bonchev–Trinajstić information content (AvgIpc) is 3.15. The van der Waals surface area contributed by atoms with Crippen LogP contribution in [0.25, 0.3) is 0 Å². The third kappa shape index (κ3) is 6.14. The second kappa shape index (κ2) is 11.7. The van der Waals surface area contributed by atoms with Gasteiger partial charge < -0.3 is 29.3 Å². The minimum atomic E-state index is 0.119. The van der Waals surface area contributed by atoms with E-state index in [-0.39, 0.29) is 6.04 Å². The Hall–Kier alpha value is -2.78. The molecule has 3 rings (SSSR count). The number of hydrogen-bond donors (Lipinski definition) is 2. The predicted molar refractivity (Wildman–Crippen MR) is 123 cm³/mol. The van der Waals surface area contributed by atoms with Gasteiger partial charge >= 0.3 is 0 Å². The smallest absolute Gasteiger partial charge is 0.216 e. The van der Waals surface area contributed by atoms with Crippen LogP contribution in [-0.4, -0.2) is 69.5 Å². The molecule has 9 heteroatoms. The standard InChI is InChI=1S/C23H35N5O4/c1-6-24-23(26-15-22-27-16(2)17(3)32-22)25-14-19(28-9-11-31-12-10-28)18-7-8-20(29-4)21(13-18)30-5/h7-8,13,19H,6,9-12,14-15H2,1-5H3,(H2,24,25,26). The molecule has 1 aromatic heterocycles. The van der Waals surface area contributed by atoms with Crippen molar-refractivity contribution in [3.8, 4) is 11.5 Å². The van der Waals surface area contributed by atoms with E-state index in [2.05, 4.69) is 31.6 Å². The number of aromatic nitrogens is 1. The number of nitrogens with zero attached hydrogens (tertiary/aromatic N) is 3. The number of aryl methyl sites for hydroxylation is 2. The van der Waals surface area contributed by atoms with Crippen LogP contribution in [0.5, 0.6) is 11.5 Å². The third-order valence-corrected chi connectivity index (χ3v) is 5.53. The van der Waals surface area contributed by atoms with E-state index in [9.17, 15) is 0 Å². The summed E-state index contributed by atoms with van der Waals surface area (Å²) in [5.74, 6) is 3.60. The van der Waals surface area contributed by atoms with E-state index in [0.717, 1.165) is 67.3 Å². The molecular weight excluding hydrogens is 410 g/mol. The molecular formula is C23H35N5O4. The minimum absolute atomic E-state index is 0.119. The number of morpholine rings is 1. The maximum atomic E-state index is 5.66. The number of methoxy groups -OCH3 is 2. The number of ether oxygens (including phenoxy) is 3. The number of rotatable bonds is 9. The van der Waals surface area contributed by atoms with Gasteiger partial charge in [0.05, 0.1) is 39.2 Å². The minimum Gasteiger partial charge on any atom is -0.493 e. The van der Waals surface area contributed by atoms with Crippen LogP contribution in [0.4, 0.5) is 0 Å². The van der Waals surface area contributed by atoms with Crippen molar-refractivity contribution in [2.75, 3.05) is 53.6 Å². The van der Waals surface area contributed by atoms with Crippen molar-refractivity contribution in [3.05, 3.63) is 41.1 Å². The van der Waals surface area contributed by atoms with Crippen LogP contribution in [0.2, 0.25) is 0 Å². The summed E-state index contributed by atoms with van der Waals surface area (Å²) in [6.07, 6.45) is 0. The first-order valence-corrected chi connectivity index (χ1v) is 11.0. The van der Waals surface area contributed by atoms with Crippen molar-refractivity contribution >= 4 is 5.96 Å². The molecule has 1 aliphatic heterocycles. The van der Waals surface area contributed by atoms with Crippen LogP contribution in [0.15, 0.2) is 27.6 Å². The van der Waals surface area contributed by atoms with Crippen molar-refractivity contribution in [1.82, 2.24) is 20.5 Å². The number of hydrogen-bond acceptors (Lipinski definition) is 7.